The van der Waals surface area contributed by atoms with Crippen LogP contribution in [0.1, 0.15) is 11.1 Å². The van der Waals surface area contributed by atoms with Gasteiger partial charge in [-0.3, -0.25) is 0 Å². The second-order valence-corrected chi connectivity index (χ2v) is 7.43. The van der Waals surface area contributed by atoms with Gasteiger partial charge >= 0.3 is 0 Å². The molecule has 0 saturated heterocycles. The van der Waals surface area contributed by atoms with Crippen molar-refractivity contribution in [2.75, 3.05) is 26.0 Å². The lowest BCUT2D eigenvalue weighted by Crippen LogP contribution is -2.21. The van der Waals surface area contributed by atoms with Gasteiger partial charge in [-0.05, 0) is 36.8 Å². The molecule has 0 fully saturated rings. The Balaban J connectivity index is 2.16. The van der Waals surface area contributed by atoms with Crippen molar-refractivity contribution in [2.24, 2.45) is 5.10 Å². The predicted octanol–water partition coefficient (Wildman–Crippen LogP) is 2.72. The summed E-state index contributed by atoms with van der Waals surface area (Å²) in [5.41, 5.74) is 2.92. The van der Waals surface area contributed by atoms with Crippen LogP contribution in [0.4, 0.5) is 5.69 Å². The molecule has 0 bridgehead atoms. The standard InChI is InChI=1S/C17H21N3O2S/c1-14-5-11-17(12-6-14)23(21,22)20(4)18-13-15-7-9-16(10-8-15)19(2)3/h5-13H,1-4H3/b18-13-. The van der Waals surface area contributed by atoms with E-state index in [1.165, 1.54) is 13.3 Å². The maximum absolute atomic E-state index is 12.4. The molecule has 0 saturated carbocycles. The van der Waals surface area contributed by atoms with Crippen molar-refractivity contribution < 1.29 is 8.42 Å². The van der Waals surface area contributed by atoms with E-state index in [1.807, 2.05) is 50.2 Å². The summed E-state index contributed by atoms with van der Waals surface area (Å²) in [4.78, 5) is 2.22. The Hall–Kier alpha value is -2.34. The molecule has 2 rings (SSSR count). The quantitative estimate of drug-likeness (QED) is 0.625. The lowest BCUT2D eigenvalue weighted by molar-refractivity contribution is 0.491. The number of sulfonamides is 1. The molecule has 2 aromatic rings. The smallest absolute Gasteiger partial charge is 0.278 e. The maximum atomic E-state index is 12.4. The molecule has 2 aromatic carbocycles. The highest BCUT2D eigenvalue weighted by Gasteiger charge is 2.18. The zero-order valence-electron chi connectivity index (χ0n) is 13.8. The van der Waals surface area contributed by atoms with Gasteiger partial charge in [0.2, 0.25) is 0 Å². The number of hydrogen-bond acceptors (Lipinski definition) is 4. The predicted molar refractivity (Wildman–Crippen MR) is 94.5 cm³/mol. The van der Waals surface area contributed by atoms with Gasteiger partial charge < -0.3 is 4.90 Å². The first-order chi connectivity index (χ1) is 10.8. The van der Waals surface area contributed by atoms with Gasteiger partial charge in [0.1, 0.15) is 0 Å². The Bertz CT molecular complexity index is 780. The molecule has 0 aliphatic rings. The largest absolute Gasteiger partial charge is 0.378 e. The van der Waals surface area contributed by atoms with Gasteiger partial charge in [0, 0.05) is 26.8 Å². The van der Waals surface area contributed by atoms with Crippen LogP contribution in [0.2, 0.25) is 0 Å². The van der Waals surface area contributed by atoms with Crippen molar-refractivity contribution in [1.29, 1.82) is 0 Å². The number of nitrogens with zero attached hydrogens (tertiary/aromatic N) is 3. The molecule has 0 aliphatic carbocycles. The highest BCUT2D eigenvalue weighted by atomic mass is 32.2. The van der Waals surface area contributed by atoms with Gasteiger partial charge in [-0.15, -0.1) is 0 Å². The zero-order valence-corrected chi connectivity index (χ0v) is 14.6. The van der Waals surface area contributed by atoms with E-state index < -0.39 is 10.0 Å². The average molecular weight is 331 g/mol. The number of hydrazone groups is 1. The summed E-state index contributed by atoms with van der Waals surface area (Å²) in [6.07, 6.45) is 1.53. The van der Waals surface area contributed by atoms with Crippen LogP contribution in [-0.4, -0.2) is 40.2 Å². The minimum absolute atomic E-state index is 0.228. The fraction of sp³-hybridized carbons (Fsp3) is 0.235. The molecule has 0 spiro atoms. The molecule has 0 atom stereocenters. The zero-order chi connectivity index (χ0) is 17.0. The van der Waals surface area contributed by atoms with Crippen LogP contribution >= 0.6 is 0 Å². The van der Waals surface area contributed by atoms with Crippen molar-refractivity contribution in [3.8, 4) is 0 Å². The third-order valence-corrected chi connectivity index (χ3v) is 5.10. The van der Waals surface area contributed by atoms with Crippen molar-refractivity contribution in [1.82, 2.24) is 4.41 Å². The monoisotopic (exact) mass is 331 g/mol. The Morgan fingerprint density at radius 2 is 1.48 bits per heavy atom. The van der Waals surface area contributed by atoms with Crippen molar-refractivity contribution >= 4 is 21.9 Å². The van der Waals surface area contributed by atoms with Gasteiger partial charge in [-0.1, -0.05) is 29.8 Å². The summed E-state index contributed by atoms with van der Waals surface area (Å²) in [7, 11) is 1.74. The van der Waals surface area contributed by atoms with E-state index in [0.717, 1.165) is 21.2 Å². The van der Waals surface area contributed by atoms with E-state index in [0.29, 0.717) is 0 Å². The van der Waals surface area contributed by atoms with Crippen LogP contribution in [0.25, 0.3) is 0 Å². The van der Waals surface area contributed by atoms with E-state index in [2.05, 4.69) is 5.10 Å². The lowest BCUT2D eigenvalue weighted by Gasteiger charge is -2.14. The van der Waals surface area contributed by atoms with Gasteiger partial charge in [-0.2, -0.15) is 17.9 Å². The van der Waals surface area contributed by atoms with E-state index in [9.17, 15) is 8.42 Å². The molecular formula is C17H21N3O2S. The SMILES string of the molecule is Cc1ccc(S(=O)(=O)N(C)/N=C\c2ccc(N(C)C)cc2)cc1. The maximum Gasteiger partial charge on any atom is 0.278 e. The first-order valence-electron chi connectivity index (χ1n) is 7.17. The Kier molecular flexibility index (Phi) is 5.05. The van der Waals surface area contributed by atoms with E-state index in [-0.39, 0.29) is 4.90 Å². The van der Waals surface area contributed by atoms with Crippen LogP contribution in [0, 0.1) is 6.92 Å². The molecule has 0 unspecified atom stereocenters. The summed E-state index contributed by atoms with van der Waals surface area (Å²) in [6.45, 7) is 1.91. The van der Waals surface area contributed by atoms with Gasteiger partial charge in [0.05, 0.1) is 11.1 Å². The molecule has 0 heterocycles. The molecule has 23 heavy (non-hydrogen) atoms. The normalized spacial score (nSPS) is 11.7. The number of rotatable bonds is 5. The molecule has 6 heteroatoms. The van der Waals surface area contributed by atoms with Crippen molar-refractivity contribution in [2.45, 2.75) is 11.8 Å². The van der Waals surface area contributed by atoms with Crippen LogP contribution in [-0.2, 0) is 10.0 Å². The Morgan fingerprint density at radius 1 is 0.913 bits per heavy atom. The number of benzene rings is 2. The average Bonchev–Trinajstić information content (AvgIpc) is 2.53. The molecule has 0 N–H and O–H groups in total. The van der Waals surface area contributed by atoms with E-state index in [1.54, 1.807) is 24.3 Å². The highest BCUT2D eigenvalue weighted by molar-refractivity contribution is 7.89. The number of anilines is 1. The van der Waals surface area contributed by atoms with E-state index in [4.69, 9.17) is 0 Å². The molecule has 122 valence electrons. The van der Waals surface area contributed by atoms with Crippen LogP contribution in [0.15, 0.2) is 58.5 Å². The van der Waals surface area contributed by atoms with Crippen LogP contribution < -0.4 is 4.90 Å². The third kappa shape index (κ3) is 4.10. The highest BCUT2D eigenvalue weighted by Crippen LogP contribution is 2.16. The number of hydrogen-bond donors (Lipinski definition) is 0. The molecule has 0 aromatic heterocycles. The second-order valence-electron chi connectivity index (χ2n) is 5.48. The van der Waals surface area contributed by atoms with Crippen molar-refractivity contribution in [3.63, 3.8) is 0 Å². The Labute approximate surface area is 137 Å². The molecular weight excluding hydrogens is 310 g/mol. The van der Waals surface area contributed by atoms with E-state index >= 15 is 0 Å². The van der Waals surface area contributed by atoms with Gasteiger partial charge in [0.25, 0.3) is 10.0 Å². The topological polar surface area (TPSA) is 53.0 Å². The van der Waals surface area contributed by atoms with Crippen LogP contribution in [0.3, 0.4) is 0 Å². The van der Waals surface area contributed by atoms with Crippen LogP contribution in [0.5, 0.6) is 0 Å². The molecule has 5 nitrogen and oxygen atoms in total. The summed E-state index contributed by atoms with van der Waals surface area (Å²) in [5.74, 6) is 0. The molecule has 0 radical (unpaired) electrons. The first kappa shape index (κ1) is 17.0. The lowest BCUT2D eigenvalue weighted by atomic mass is 10.2. The van der Waals surface area contributed by atoms with Crippen molar-refractivity contribution in [3.05, 3.63) is 59.7 Å². The fourth-order valence-corrected chi connectivity index (χ4v) is 2.89. The van der Waals surface area contributed by atoms with Gasteiger partial charge in [-0.25, -0.2) is 0 Å². The first-order valence-corrected chi connectivity index (χ1v) is 8.61. The molecule has 0 amide bonds. The number of aryl methyl sites for hydroxylation is 1. The van der Waals surface area contributed by atoms with Gasteiger partial charge in [0.15, 0.2) is 0 Å². The third-order valence-electron chi connectivity index (χ3n) is 3.45. The summed E-state index contributed by atoms with van der Waals surface area (Å²) in [6, 6.07) is 14.4. The second kappa shape index (κ2) is 6.83. The summed E-state index contributed by atoms with van der Waals surface area (Å²) in [5, 5.41) is 4.05. The summed E-state index contributed by atoms with van der Waals surface area (Å²) >= 11 is 0. The minimum Gasteiger partial charge on any atom is -0.378 e. The Morgan fingerprint density at radius 3 is 2.00 bits per heavy atom. The fourth-order valence-electron chi connectivity index (χ4n) is 1.93. The summed E-state index contributed by atoms with van der Waals surface area (Å²) < 4.78 is 25.8. The molecule has 0 aliphatic heterocycles. The minimum atomic E-state index is -3.62.